The lowest BCUT2D eigenvalue weighted by molar-refractivity contribution is -0.613. The molecule has 0 saturated carbocycles. The van der Waals surface area contributed by atoms with Gasteiger partial charge in [-0.2, -0.15) is 4.73 Å². The van der Waals surface area contributed by atoms with Gasteiger partial charge in [-0.25, -0.2) is 0 Å². The highest BCUT2D eigenvalue weighted by Gasteiger charge is 2.31. The van der Waals surface area contributed by atoms with Crippen molar-refractivity contribution < 1.29 is 14.3 Å². The quantitative estimate of drug-likeness (QED) is 0.467. The first-order chi connectivity index (χ1) is 10.4. The summed E-state index contributed by atoms with van der Waals surface area (Å²) in [6, 6.07) is 12.6. The Hall–Kier alpha value is -2.01. The molecule has 0 fully saturated rings. The molecule has 0 spiro atoms. The van der Waals surface area contributed by atoms with Crippen LogP contribution in [-0.2, 0) is 11.2 Å². The van der Waals surface area contributed by atoms with E-state index in [1.165, 1.54) is 6.20 Å². The summed E-state index contributed by atoms with van der Waals surface area (Å²) in [6.07, 6.45) is 3.43. The summed E-state index contributed by atoms with van der Waals surface area (Å²) in [4.78, 5) is 13.6. The third-order valence-corrected chi connectivity index (χ3v) is 4.09. The lowest BCUT2D eigenvalue weighted by Gasteiger charge is -2.24. The van der Waals surface area contributed by atoms with Crippen molar-refractivity contribution in [3.8, 4) is 5.75 Å². The van der Waals surface area contributed by atoms with Gasteiger partial charge in [-0.3, -0.25) is 4.79 Å². The molecule has 0 N–H and O–H groups in total. The number of nitrogens with zero attached hydrogens (tertiary/aromatic N) is 1. The fourth-order valence-corrected chi connectivity index (χ4v) is 2.38. The van der Waals surface area contributed by atoms with Crippen LogP contribution < -0.4 is 9.47 Å². The molecule has 0 radical (unpaired) electrons. The largest absolute Gasteiger partial charge is 0.618 e. The number of carbonyl (C=O) groups excluding carboxylic acids is 1. The number of Topliss-reactive ketones (excluding diaryl/α,β-unsaturated/α-hetero) is 1. The first-order valence-electron chi connectivity index (χ1n) is 6.96. The highest BCUT2D eigenvalue weighted by Crippen LogP contribution is 2.23. The molecule has 0 bridgehead atoms. The molecule has 0 unspecified atom stereocenters. The topological polar surface area (TPSA) is 53.2 Å². The molecule has 0 aliphatic heterocycles. The van der Waals surface area contributed by atoms with Gasteiger partial charge in [0.2, 0.25) is 0 Å². The second-order valence-electron chi connectivity index (χ2n) is 5.41. The van der Waals surface area contributed by atoms with E-state index in [-0.39, 0.29) is 12.2 Å². The van der Waals surface area contributed by atoms with Crippen molar-refractivity contribution in [3.05, 3.63) is 59.6 Å². The van der Waals surface area contributed by atoms with Crippen molar-refractivity contribution in [1.82, 2.24) is 0 Å². The van der Waals surface area contributed by atoms with Gasteiger partial charge in [0.1, 0.15) is 5.75 Å². The third kappa shape index (κ3) is 4.01. The normalized spacial score (nSPS) is 11.2. The number of aromatic nitrogens is 1. The number of hydrogen-bond acceptors (Lipinski definition) is 4. The van der Waals surface area contributed by atoms with E-state index in [1.807, 2.05) is 30.5 Å². The molecule has 2 aromatic rings. The number of hydrogen-bond donors (Lipinski definition) is 0. The minimum absolute atomic E-state index is 0.0419. The third-order valence-electron chi connectivity index (χ3n) is 3.35. The number of pyridine rings is 1. The second kappa shape index (κ2) is 6.83. The first-order valence-corrected chi connectivity index (χ1v) is 8.18. The Labute approximate surface area is 134 Å². The molecule has 22 heavy (non-hydrogen) atoms. The van der Waals surface area contributed by atoms with Crippen LogP contribution in [0.5, 0.6) is 5.75 Å². The lowest BCUT2D eigenvalue weighted by atomic mass is 9.99. The van der Waals surface area contributed by atoms with Crippen LogP contribution in [0.2, 0.25) is 0 Å². The van der Waals surface area contributed by atoms with Crippen LogP contribution in [0, 0.1) is 5.21 Å². The van der Waals surface area contributed by atoms with Crippen molar-refractivity contribution >= 4 is 17.5 Å². The summed E-state index contributed by atoms with van der Waals surface area (Å²) in [6.45, 7) is 3.44. The molecule has 0 saturated heterocycles. The molecule has 5 heteroatoms. The number of rotatable bonds is 6. The standard InChI is InChI=1S/C17H19NO3S/c1-17(2,21-14-7-9-15(22-3)10-8-14)16(19)12-13-6-4-5-11-18(13)20/h4-11H,12H2,1-3H3. The zero-order valence-corrected chi connectivity index (χ0v) is 13.7. The summed E-state index contributed by atoms with van der Waals surface area (Å²) >= 11 is 1.65. The summed E-state index contributed by atoms with van der Waals surface area (Å²) in [7, 11) is 0. The van der Waals surface area contributed by atoms with E-state index in [1.54, 1.807) is 43.8 Å². The van der Waals surface area contributed by atoms with Crippen molar-refractivity contribution in [2.24, 2.45) is 0 Å². The molecule has 1 heterocycles. The van der Waals surface area contributed by atoms with Crippen molar-refractivity contribution in [3.63, 3.8) is 0 Å². The Balaban J connectivity index is 2.08. The average Bonchev–Trinajstić information content (AvgIpc) is 2.50. The van der Waals surface area contributed by atoms with E-state index in [9.17, 15) is 10.0 Å². The van der Waals surface area contributed by atoms with Gasteiger partial charge in [-0.15, -0.1) is 11.8 Å². The van der Waals surface area contributed by atoms with Gasteiger partial charge in [0.05, 0.1) is 6.42 Å². The van der Waals surface area contributed by atoms with Crippen LogP contribution in [0.4, 0.5) is 0 Å². The summed E-state index contributed by atoms with van der Waals surface area (Å²) < 4.78 is 6.51. The molecule has 0 aliphatic rings. The minimum Gasteiger partial charge on any atom is -0.618 e. The zero-order chi connectivity index (χ0) is 16.2. The molecule has 0 aliphatic carbocycles. The molecular weight excluding hydrogens is 298 g/mol. The van der Waals surface area contributed by atoms with Crippen LogP contribution in [0.1, 0.15) is 19.5 Å². The van der Waals surface area contributed by atoms with Crippen LogP contribution in [0.25, 0.3) is 0 Å². The second-order valence-corrected chi connectivity index (χ2v) is 6.29. The molecule has 2 rings (SSSR count). The number of carbonyl (C=O) groups is 1. The van der Waals surface area contributed by atoms with E-state index in [4.69, 9.17) is 4.74 Å². The van der Waals surface area contributed by atoms with Crippen molar-refractivity contribution in [2.45, 2.75) is 30.8 Å². The molecular formula is C17H19NO3S. The monoisotopic (exact) mass is 317 g/mol. The zero-order valence-electron chi connectivity index (χ0n) is 12.9. The Morgan fingerprint density at radius 1 is 1.23 bits per heavy atom. The van der Waals surface area contributed by atoms with Crippen molar-refractivity contribution in [1.29, 1.82) is 0 Å². The smallest absolute Gasteiger partial charge is 0.200 e. The Kier molecular flexibility index (Phi) is 5.08. The summed E-state index contributed by atoms with van der Waals surface area (Å²) in [5.41, 5.74) is -0.578. The van der Waals surface area contributed by atoms with E-state index >= 15 is 0 Å². The number of ketones is 1. The fraction of sp³-hybridized carbons (Fsp3) is 0.294. The van der Waals surface area contributed by atoms with Gasteiger partial charge >= 0.3 is 0 Å². The van der Waals surface area contributed by atoms with Gasteiger partial charge < -0.3 is 9.94 Å². The molecule has 116 valence electrons. The molecule has 1 aromatic carbocycles. The number of benzene rings is 1. The van der Waals surface area contributed by atoms with Gasteiger partial charge in [-0.1, -0.05) is 0 Å². The van der Waals surface area contributed by atoms with E-state index < -0.39 is 5.60 Å². The van der Waals surface area contributed by atoms with E-state index in [0.717, 1.165) is 4.90 Å². The van der Waals surface area contributed by atoms with Crippen LogP contribution >= 0.6 is 11.8 Å². The number of thioether (sulfide) groups is 1. The fourth-order valence-electron chi connectivity index (χ4n) is 1.97. The maximum Gasteiger partial charge on any atom is 0.200 e. The molecule has 4 nitrogen and oxygen atoms in total. The van der Waals surface area contributed by atoms with Gasteiger partial charge in [0.25, 0.3) is 0 Å². The molecule has 1 aromatic heterocycles. The molecule has 0 amide bonds. The van der Waals surface area contributed by atoms with Crippen LogP contribution in [0.15, 0.2) is 53.6 Å². The van der Waals surface area contributed by atoms with E-state index in [0.29, 0.717) is 16.2 Å². The van der Waals surface area contributed by atoms with Crippen LogP contribution in [-0.4, -0.2) is 17.6 Å². The maximum atomic E-state index is 12.4. The lowest BCUT2D eigenvalue weighted by Crippen LogP contribution is -2.42. The highest BCUT2D eigenvalue weighted by atomic mass is 32.2. The number of ether oxygens (including phenoxy) is 1. The van der Waals surface area contributed by atoms with Gasteiger partial charge in [-0.05, 0) is 50.4 Å². The predicted octanol–water partition coefficient (Wildman–Crippen LogP) is 3.01. The Morgan fingerprint density at radius 3 is 2.50 bits per heavy atom. The summed E-state index contributed by atoms with van der Waals surface area (Å²) in [5, 5.41) is 11.6. The van der Waals surface area contributed by atoms with Crippen LogP contribution in [0.3, 0.4) is 0 Å². The Morgan fingerprint density at radius 2 is 1.91 bits per heavy atom. The van der Waals surface area contributed by atoms with Gasteiger partial charge in [0.15, 0.2) is 23.3 Å². The maximum absolute atomic E-state index is 12.4. The average molecular weight is 317 g/mol. The minimum atomic E-state index is -0.996. The SMILES string of the molecule is CSc1ccc(OC(C)(C)C(=O)Cc2cccc[n+]2[O-])cc1. The van der Waals surface area contributed by atoms with Crippen molar-refractivity contribution in [2.75, 3.05) is 6.26 Å². The van der Waals surface area contributed by atoms with E-state index in [2.05, 4.69) is 0 Å². The summed E-state index contributed by atoms with van der Waals surface area (Å²) in [5.74, 6) is 0.497. The predicted molar refractivity (Wildman–Crippen MR) is 87.0 cm³/mol. The molecule has 0 atom stereocenters. The van der Waals surface area contributed by atoms with Gasteiger partial charge in [0, 0.05) is 17.0 Å². The Bertz CT molecular complexity index is 653. The first kappa shape index (κ1) is 16.4. The highest BCUT2D eigenvalue weighted by molar-refractivity contribution is 7.98.